The molecule has 5 nitrogen and oxygen atoms in total. The number of hydrogen-bond donors (Lipinski definition) is 2. The summed E-state index contributed by atoms with van der Waals surface area (Å²) in [6, 6.07) is 6.45. The third-order valence-electron chi connectivity index (χ3n) is 2.85. The molecular formula is C15H13ClFNO4S. The topological polar surface area (TPSA) is 75.6 Å². The van der Waals surface area contributed by atoms with E-state index in [1.54, 1.807) is 17.5 Å². The molecule has 2 rings (SSSR count). The van der Waals surface area contributed by atoms with Crippen LogP contribution in [0.4, 0.5) is 4.39 Å². The van der Waals surface area contributed by atoms with E-state index < -0.39 is 23.7 Å². The summed E-state index contributed by atoms with van der Waals surface area (Å²) in [5.41, 5.74) is 0. The van der Waals surface area contributed by atoms with Crippen molar-refractivity contribution in [1.82, 2.24) is 5.32 Å². The fourth-order valence-electron chi connectivity index (χ4n) is 1.86. The van der Waals surface area contributed by atoms with Gasteiger partial charge in [0.1, 0.15) is 11.6 Å². The zero-order valence-electron chi connectivity index (χ0n) is 11.8. The molecule has 0 bridgehead atoms. The van der Waals surface area contributed by atoms with Crippen molar-refractivity contribution >= 4 is 34.8 Å². The Balaban J connectivity index is 1.95. The number of carbonyl (C=O) groups excluding carboxylic acids is 1. The van der Waals surface area contributed by atoms with Gasteiger partial charge in [-0.15, -0.1) is 11.3 Å². The van der Waals surface area contributed by atoms with Crippen LogP contribution in [0.5, 0.6) is 5.75 Å². The zero-order valence-corrected chi connectivity index (χ0v) is 13.4. The van der Waals surface area contributed by atoms with E-state index in [9.17, 15) is 14.0 Å². The van der Waals surface area contributed by atoms with Crippen LogP contribution < -0.4 is 10.1 Å². The maximum absolute atomic E-state index is 12.9. The van der Waals surface area contributed by atoms with Crippen LogP contribution in [-0.4, -0.2) is 23.6 Å². The number of nitrogens with one attached hydrogen (secondary N) is 1. The first kappa shape index (κ1) is 17.2. The maximum atomic E-state index is 12.9. The summed E-state index contributed by atoms with van der Waals surface area (Å²) < 4.78 is 18.1. The highest BCUT2D eigenvalue weighted by Crippen LogP contribution is 2.25. The number of ether oxygens (including phenoxy) is 1. The molecule has 122 valence electrons. The van der Waals surface area contributed by atoms with Crippen LogP contribution in [-0.2, 0) is 9.59 Å². The van der Waals surface area contributed by atoms with Gasteiger partial charge in [-0.25, -0.2) is 4.39 Å². The van der Waals surface area contributed by atoms with Crippen molar-refractivity contribution in [3.8, 4) is 5.75 Å². The Hall–Kier alpha value is -2.12. The van der Waals surface area contributed by atoms with Crippen molar-refractivity contribution < 1.29 is 23.8 Å². The van der Waals surface area contributed by atoms with E-state index in [1.807, 2.05) is 0 Å². The average Bonchev–Trinajstić information content (AvgIpc) is 2.99. The average molecular weight is 358 g/mol. The van der Waals surface area contributed by atoms with Gasteiger partial charge in [0.2, 0.25) is 0 Å². The van der Waals surface area contributed by atoms with Crippen LogP contribution in [0.25, 0.3) is 0 Å². The Kier molecular flexibility index (Phi) is 5.95. The van der Waals surface area contributed by atoms with Crippen molar-refractivity contribution in [1.29, 1.82) is 0 Å². The second kappa shape index (κ2) is 7.94. The summed E-state index contributed by atoms with van der Waals surface area (Å²) in [6.45, 7) is -0.354. The van der Waals surface area contributed by atoms with Crippen molar-refractivity contribution in [2.45, 2.75) is 12.5 Å². The van der Waals surface area contributed by atoms with Crippen LogP contribution in [0, 0.1) is 5.82 Å². The van der Waals surface area contributed by atoms with Gasteiger partial charge >= 0.3 is 5.97 Å². The summed E-state index contributed by atoms with van der Waals surface area (Å²) >= 11 is 7.15. The molecule has 1 aromatic carbocycles. The molecule has 23 heavy (non-hydrogen) atoms. The second-order valence-electron chi connectivity index (χ2n) is 4.60. The molecule has 1 amide bonds. The molecule has 0 aliphatic rings. The fraction of sp³-hybridized carbons (Fsp3) is 0.200. The van der Waals surface area contributed by atoms with Gasteiger partial charge in [0.25, 0.3) is 5.91 Å². The van der Waals surface area contributed by atoms with Gasteiger partial charge < -0.3 is 15.2 Å². The minimum absolute atomic E-state index is 0.0538. The van der Waals surface area contributed by atoms with Crippen molar-refractivity contribution in [3.63, 3.8) is 0 Å². The largest absolute Gasteiger partial charge is 0.482 e. The van der Waals surface area contributed by atoms with Crippen LogP contribution in [0.15, 0.2) is 35.7 Å². The summed E-state index contributed by atoms with van der Waals surface area (Å²) in [4.78, 5) is 23.6. The van der Waals surface area contributed by atoms with Gasteiger partial charge in [0, 0.05) is 4.88 Å². The number of amides is 1. The number of halogens is 2. The first-order chi connectivity index (χ1) is 11.0. The normalized spacial score (nSPS) is 11.7. The minimum atomic E-state index is -1.02. The molecule has 0 saturated heterocycles. The van der Waals surface area contributed by atoms with Gasteiger partial charge in [0.05, 0.1) is 17.5 Å². The molecule has 1 heterocycles. The predicted octanol–water partition coefficient (Wildman–Crippen LogP) is 3.25. The first-order valence-electron chi connectivity index (χ1n) is 6.58. The highest BCUT2D eigenvalue weighted by molar-refractivity contribution is 7.10. The number of hydrogen-bond acceptors (Lipinski definition) is 4. The maximum Gasteiger partial charge on any atom is 0.305 e. The molecule has 1 atom stereocenters. The Morgan fingerprint density at radius 3 is 2.78 bits per heavy atom. The predicted molar refractivity (Wildman–Crippen MR) is 84.4 cm³/mol. The van der Waals surface area contributed by atoms with E-state index >= 15 is 0 Å². The summed E-state index contributed by atoms with van der Waals surface area (Å²) in [7, 11) is 0. The SMILES string of the molecule is O=C(O)CC(NC(=O)COc1ccc(F)cc1Cl)c1cccs1. The highest BCUT2D eigenvalue weighted by atomic mass is 35.5. The lowest BCUT2D eigenvalue weighted by Crippen LogP contribution is -2.33. The lowest BCUT2D eigenvalue weighted by molar-refractivity contribution is -0.137. The van der Waals surface area contributed by atoms with Crippen LogP contribution in [0.3, 0.4) is 0 Å². The van der Waals surface area contributed by atoms with E-state index in [2.05, 4.69) is 5.32 Å². The Morgan fingerprint density at radius 1 is 1.39 bits per heavy atom. The number of carbonyl (C=O) groups is 2. The number of carboxylic acids is 1. The summed E-state index contributed by atoms with van der Waals surface area (Å²) in [5, 5.41) is 13.4. The van der Waals surface area contributed by atoms with Gasteiger partial charge in [-0.2, -0.15) is 0 Å². The smallest absolute Gasteiger partial charge is 0.305 e. The molecule has 0 aliphatic heterocycles. The Morgan fingerprint density at radius 2 is 2.17 bits per heavy atom. The molecule has 0 spiro atoms. The molecule has 0 saturated carbocycles. The summed E-state index contributed by atoms with van der Waals surface area (Å²) in [6.07, 6.45) is -0.233. The number of carboxylic acid groups (broad SMARTS) is 1. The monoisotopic (exact) mass is 357 g/mol. The van der Waals surface area contributed by atoms with E-state index in [0.717, 1.165) is 17.0 Å². The molecule has 2 N–H and O–H groups in total. The van der Waals surface area contributed by atoms with Crippen molar-refractivity contribution in [2.24, 2.45) is 0 Å². The number of aliphatic carboxylic acids is 1. The number of thiophene rings is 1. The third-order valence-corrected chi connectivity index (χ3v) is 4.13. The molecule has 8 heteroatoms. The quantitative estimate of drug-likeness (QED) is 0.797. The third kappa shape index (κ3) is 5.22. The molecular weight excluding hydrogens is 345 g/mol. The van der Waals surface area contributed by atoms with E-state index in [0.29, 0.717) is 0 Å². The van der Waals surface area contributed by atoms with Crippen LogP contribution >= 0.6 is 22.9 Å². The standard InChI is InChI=1S/C15H13ClFNO4S/c16-10-6-9(17)3-4-12(10)22-8-14(19)18-11(7-15(20)21)13-2-1-5-23-13/h1-6,11H,7-8H2,(H,18,19)(H,20,21). The zero-order chi connectivity index (χ0) is 16.8. The lowest BCUT2D eigenvalue weighted by Gasteiger charge is -2.16. The van der Waals surface area contributed by atoms with E-state index in [-0.39, 0.29) is 23.8 Å². The first-order valence-corrected chi connectivity index (χ1v) is 7.84. The number of rotatable bonds is 7. The lowest BCUT2D eigenvalue weighted by atomic mass is 10.1. The van der Waals surface area contributed by atoms with Crippen molar-refractivity contribution in [2.75, 3.05) is 6.61 Å². The van der Waals surface area contributed by atoms with E-state index in [4.69, 9.17) is 21.4 Å². The summed E-state index contributed by atoms with van der Waals surface area (Å²) in [5.74, 6) is -1.85. The van der Waals surface area contributed by atoms with Gasteiger partial charge in [-0.1, -0.05) is 17.7 Å². The fourth-order valence-corrected chi connectivity index (χ4v) is 2.86. The van der Waals surface area contributed by atoms with Gasteiger partial charge in [-0.3, -0.25) is 9.59 Å². The van der Waals surface area contributed by atoms with Crippen LogP contribution in [0.2, 0.25) is 5.02 Å². The minimum Gasteiger partial charge on any atom is -0.482 e. The second-order valence-corrected chi connectivity index (χ2v) is 5.98. The molecule has 2 aromatic rings. The Bertz CT molecular complexity index is 693. The molecule has 1 aromatic heterocycles. The highest BCUT2D eigenvalue weighted by Gasteiger charge is 2.19. The Labute approximate surface area is 140 Å². The van der Waals surface area contributed by atoms with E-state index in [1.165, 1.54) is 17.4 Å². The van der Waals surface area contributed by atoms with Crippen LogP contribution in [0.1, 0.15) is 17.3 Å². The molecule has 1 unspecified atom stereocenters. The van der Waals surface area contributed by atoms with Gasteiger partial charge in [0.15, 0.2) is 6.61 Å². The molecule has 0 radical (unpaired) electrons. The number of benzene rings is 1. The van der Waals surface area contributed by atoms with Crippen molar-refractivity contribution in [3.05, 3.63) is 51.4 Å². The molecule has 0 aliphatic carbocycles. The van der Waals surface area contributed by atoms with Gasteiger partial charge in [-0.05, 0) is 29.6 Å². The molecule has 0 fully saturated rings.